The van der Waals surface area contributed by atoms with E-state index < -0.39 is 11.5 Å². The van der Waals surface area contributed by atoms with Gasteiger partial charge in [0.25, 0.3) is 5.91 Å². The van der Waals surface area contributed by atoms with Crippen LogP contribution in [0, 0.1) is 0 Å². The lowest BCUT2D eigenvalue weighted by Gasteiger charge is -2.18. The Balaban J connectivity index is 2.90. The second kappa shape index (κ2) is 5.08. The number of nitrogens with two attached hydrogens (primary N) is 1. The number of pyridine rings is 1. The molecule has 0 unspecified atom stereocenters. The zero-order valence-electron chi connectivity index (χ0n) is 9.42. The van der Waals surface area contributed by atoms with Gasteiger partial charge >= 0.3 is 0 Å². The molecule has 0 fully saturated rings. The van der Waals surface area contributed by atoms with Crippen molar-refractivity contribution in [3.8, 4) is 0 Å². The maximum atomic E-state index is 11.8. The van der Waals surface area contributed by atoms with Crippen LogP contribution in [-0.2, 0) is 0 Å². The van der Waals surface area contributed by atoms with E-state index in [9.17, 15) is 9.90 Å². The maximum Gasteiger partial charge on any atom is 0.253 e. The number of carbonyl (C=O) groups is 1. The molecule has 0 bridgehead atoms. The van der Waals surface area contributed by atoms with E-state index in [4.69, 9.17) is 28.9 Å². The van der Waals surface area contributed by atoms with Gasteiger partial charge in [0.15, 0.2) is 5.15 Å². The Morgan fingerprint density at radius 3 is 2.71 bits per heavy atom. The van der Waals surface area contributed by atoms with Crippen LogP contribution in [0.3, 0.4) is 0 Å². The molecule has 0 saturated carbocycles. The molecule has 1 aromatic heterocycles. The van der Waals surface area contributed by atoms with Gasteiger partial charge in [-0.1, -0.05) is 23.2 Å². The predicted octanol–water partition coefficient (Wildman–Crippen LogP) is 1.47. The minimum absolute atomic E-state index is 0.0223. The number of aromatic nitrogens is 1. The molecule has 1 heterocycles. The summed E-state index contributed by atoms with van der Waals surface area (Å²) < 4.78 is 0. The van der Waals surface area contributed by atoms with Gasteiger partial charge in [0.05, 0.1) is 16.9 Å². The van der Waals surface area contributed by atoms with Crippen LogP contribution in [0.4, 0.5) is 5.69 Å². The second-order valence-corrected chi connectivity index (χ2v) is 4.94. The van der Waals surface area contributed by atoms with Crippen LogP contribution in [0.15, 0.2) is 6.07 Å². The van der Waals surface area contributed by atoms with Crippen LogP contribution in [0.2, 0.25) is 10.3 Å². The van der Waals surface area contributed by atoms with Crippen molar-refractivity contribution in [3.63, 3.8) is 0 Å². The molecule has 7 heteroatoms. The van der Waals surface area contributed by atoms with Crippen molar-refractivity contribution >= 4 is 34.8 Å². The third-order valence-corrected chi connectivity index (χ3v) is 2.39. The summed E-state index contributed by atoms with van der Waals surface area (Å²) in [6.45, 7) is 3.23. The summed E-state index contributed by atoms with van der Waals surface area (Å²) >= 11 is 11.4. The third kappa shape index (κ3) is 4.03. The van der Waals surface area contributed by atoms with E-state index in [-0.39, 0.29) is 28.1 Å². The highest BCUT2D eigenvalue weighted by molar-refractivity contribution is 6.35. The normalized spacial score (nSPS) is 11.4. The highest BCUT2D eigenvalue weighted by Crippen LogP contribution is 2.23. The van der Waals surface area contributed by atoms with Crippen molar-refractivity contribution in [1.82, 2.24) is 10.3 Å². The second-order valence-electron chi connectivity index (χ2n) is 4.19. The summed E-state index contributed by atoms with van der Waals surface area (Å²) in [4.78, 5) is 15.5. The van der Waals surface area contributed by atoms with E-state index in [0.717, 1.165) is 0 Å². The highest BCUT2D eigenvalue weighted by Gasteiger charge is 2.18. The van der Waals surface area contributed by atoms with Gasteiger partial charge in [-0.3, -0.25) is 4.79 Å². The smallest absolute Gasteiger partial charge is 0.253 e. The van der Waals surface area contributed by atoms with Gasteiger partial charge in [0.2, 0.25) is 0 Å². The fourth-order valence-corrected chi connectivity index (χ4v) is 1.50. The first-order chi connectivity index (χ1) is 7.70. The van der Waals surface area contributed by atoms with Crippen molar-refractivity contribution in [2.24, 2.45) is 0 Å². The molecule has 1 amide bonds. The first-order valence-corrected chi connectivity index (χ1v) is 5.58. The summed E-state index contributed by atoms with van der Waals surface area (Å²) in [5, 5.41) is 12.1. The van der Waals surface area contributed by atoms with Gasteiger partial charge in [0, 0.05) is 6.54 Å². The number of nitrogens with zero attached hydrogens (tertiary/aromatic N) is 1. The average molecular weight is 278 g/mol. The number of hydrogen-bond acceptors (Lipinski definition) is 4. The molecule has 4 N–H and O–H groups in total. The van der Waals surface area contributed by atoms with Crippen LogP contribution in [0.5, 0.6) is 0 Å². The molecule has 0 radical (unpaired) electrons. The molecule has 0 aliphatic heterocycles. The van der Waals surface area contributed by atoms with Crippen molar-refractivity contribution < 1.29 is 9.90 Å². The largest absolute Gasteiger partial charge is 0.396 e. The Hall–Kier alpha value is -1.04. The Morgan fingerprint density at radius 1 is 1.59 bits per heavy atom. The van der Waals surface area contributed by atoms with E-state index >= 15 is 0 Å². The van der Waals surface area contributed by atoms with Crippen molar-refractivity contribution in [3.05, 3.63) is 21.9 Å². The topological polar surface area (TPSA) is 88.2 Å². The number of rotatable bonds is 3. The molecule has 5 nitrogen and oxygen atoms in total. The first-order valence-electron chi connectivity index (χ1n) is 4.83. The Kier molecular flexibility index (Phi) is 4.19. The highest BCUT2D eigenvalue weighted by atomic mass is 35.5. The molecule has 0 atom stereocenters. The van der Waals surface area contributed by atoms with Crippen LogP contribution < -0.4 is 11.1 Å². The van der Waals surface area contributed by atoms with Crippen LogP contribution in [0.1, 0.15) is 24.2 Å². The number of halogens is 2. The van der Waals surface area contributed by atoms with Gasteiger partial charge in [-0.15, -0.1) is 0 Å². The van der Waals surface area contributed by atoms with Gasteiger partial charge in [-0.25, -0.2) is 4.98 Å². The quantitative estimate of drug-likeness (QED) is 0.730. The van der Waals surface area contributed by atoms with Crippen LogP contribution in [-0.4, -0.2) is 28.1 Å². The lowest BCUT2D eigenvalue weighted by atomic mass is 10.1. The number of aliphatic hydroxyl groups is 1. The summed E-state index contributed by atoms with van der Waals surface area (Å²) in [6, 6.07) is 1.32. The van der Waals surface area contributed by atoms with Gasteiger partial charge < -0.3 is 16.2 Å². The number of carbonyl (C=O) groups excluding carboxylic acids is 1. The molecule has 17 heavy (non-hydrogen) atoms. The fourth-order valence-electron chi connectivity index (χ4n) is 1.07. The summed E-state index contributed by atoms with van der Waals surface area (Å²) in [7, 11) is 0. The minimum Gasteiger partial charge on any atom is -0.396 e. The van der Waals surface area contributed by atoms with Gasteiger partial charge in [-0.05, 0) is 19.9 Å². The molecule has 1 aromatic rings. The summed E-state index contributed by atoms with van der Waals surface area (Å²) in [6.07, 6.45) is 0. The van der Waals surface area contributed by atoms with E-state index in [2.05, 4.69) is 10.3 Å². The van der Waals surface area contributed by atoms with Gasteiger partial charge in [0.1, 0.15) is 5.15 Å². The minimum atomic E-state index is -1.01. The lowest BCUT2D eigenvalue weighted by molar-refractivity contribution is 0.0694. The predicted molar refractivity (Wildman–Crippen MR) is 67.3 cm³/mol. The summed E-state index contributed by atoms with van der Waals surface area (Å²) in [5.41, 5.74) is 4.80. The molecular formula is C10H13Cl2N3O2. The SMILES string of the molecule is CC(C)(O)CNC(=O)c1cc(Cl)nc(Cl)c1N. The molecule has 0 aromatic carbocycles. The molecule has 0 spiro atoms. The zero-order chi connectivity index (χ0) is 13.2. The Bertz CT molecular complexity index is 444. The van der Waals surface area contributed by atoms with E-state index in [0.29, 0.717) is 0 Å². The number of amides is 1. The van der Waals surface area contributed by atoms with Crippen molar-refractivity contribution in [2.75, 3.05) is 12.3 Å². The summed E-state index contributed by atoms with van der Waals surface area (Å²) in [5.74, 6) is -0.462. The fraction of sp³-hybridized carbons (Fsp3) is 0.400. The van der Waals surface area contributed by atoms with E-state index in [1.165, 1.54) is 6.07 Å². The monoisotopic (exact) mass is 277 g/mol. The average Bonchev–Trinajstić information content (AvgIpc) is 2.19. The van der Waals surface area contributed by atoms with Crippen molar-refractivity contribution in [2.45, 2.75) is 19.4 Å². The van der Waals surface area contributed by atoms with Crippen LogP contribution in [0.25, 0.3) is 0 Å². The van der Waals surface area contributed by atoms with Crippen LogP contribution >= 0.6 is 23.2 Å². The number of nitrogen functional groups attached to an aromatic ring is 1. The first kappa shape index (κ1) is 14.0. The molecular weight excluding hydrogens is 265 g/mol. The molecule has 1 rings (SSSR count). The zero-order valence-corrected chi connectivity index (χ0v) is 10.9. The van der Waals surface area contributed by atoms with Gasteiger partial charge in [-0.2, -0.15) is 0 Å². The standard InChI is InChI=1S/C10H13Cl2N3O2/c1-10(2,17)4-14-9(16)5-3-6(11)15-8(12)7(5)13/h3,17H,4,13H2,1-2H3,(H,14,16). The van der Waals surface area contributed by atoms with E-state index in [1.54, 1.807) is 13.8 Å². The lowest BCUT2D eigenvalue weighted by Crippen LogP contribution is -2.38. The Morgan fingerprint density at radius 2 is 2.18 bits per heavy atom. The molecule has 0 saturated heterocycles. The number of hydrogen-bond donors (Lipinski definition) is 3. The third-order valence-electron chi connectivity index (χ3n) is 1.91. The molecule has 0 aliphatic carbocycles. The molecule has 0 aliphatic rings. The van der Waals surface area contributed by atoms with E-state index in [1.807, 2.05) is 0 Å². The maximum absolute atomic E-state index is 11.8. The van der Waals surface area contributed by atoms with Crippen molar-refractivity contribution in [1.29, 1.82) is 0 Å². The number of anilines is 1. The number of nitrogens with one attached hydrogen (secondary N) is 1. The Labute approximate surface area is 109 Å². The molecule has 94 valence electrons.